The summed E-state index contributed by atoms with van der Waals surface area (Å²) in [5.74, 6) is 0.370. The number of aliphatic hydroxyl groups excluding tert-OH is 1. The molecule has 7 nitrogen and oxygen atoms in total. The molecule has 3 rings (SSSR count). The molecule has 1 aliphatic rings. The highest BCUT2D eigenvalue weighted by Crippen LogP contribution is 2.16. The van der Waals surface area contributed by atoms with E-state index in [4.69, 9.17) is 4.74 Å². The van der Waals surface area contributed by atoms with Gasteiger partial charge in [0.2, 0.25) is 0 Å². The van der Waals surface area contributed by atoms with E-state index in [-0.39, 0.29) is 25.0 Å². The van der Waals surface area contributed by atoms with Crippen molar-refractivity contribution in [3.05, 3.63) is 65.7 Å². The monoisotopic (exact) mass is 369 g/mol. The van der Waals surface area contributed by atoms with E-state index in [0.29, 0.717) is 17.9 Å². The number of benzene rings is 2. The zero-order valence-corrected chi connectivity index (χ0v) is 15.1. The first kappa shape index (κ1) is 18.7. The third kappa shape index (κ3) is 4.77. The van der Waals surface area contributed by atoms with E-state index in [9.17, 15) is 14.7 Å². The summed E-state index contributed by atoms with van der Waals surface area (Å²) in [5, 5.41) is 15.4. The number of likely N-dealkylation sites (tertiary alicyclic amines) is 1. The summed E-state index contributed by atoms with van der Waals surface area (Å²) < 4.78 is 5.71. The molecule has 3 amide bonds. The number of nitrogens with zero attached hydrogens (tertiary/aromatic N) is 1. The number of β-amino-alcohol motifs (C(OH)–C–C–N with tert-alkyl or cyclic N) is 1. The van der Waals surface area contributed by atoms with Gasteiger partial charge in [0.25, 0.3) is 5.91 Å². The highest BCUT2D eigenvalue weighted by molar-refractivity contribution is 5.94. The van der Waals surface area contributed by atoms with Crippen LogP contribution in [0.2, 0.25) is 0 Å². The van der Waals surface area contributed by atoms with Crippen molar-refractivity contribution < 1.29 is 19.4 Å². The maximum Gasteiger partial charge on any atom is 0.317 e. The van der Waals surface area contributed by atoms with Crippen LogP contribution in [0.3, 0.4) is 0 Å². The molecule has 1 saturated heterocycles. The molecule has 0 aliphatic carbocycles. The van der Waals surface area contributed by atoms with Crippen molar-refractivity contribution in [2.45, 2.75) is 18.8 Å². The molecule has 7 heteroatoms. The van der Waals surface area contributed by atoms with Crippen LogP contribution in [0.4, 0.5) is 4.79 Å². The van der Waals surface area contributed by atoms with Gasteiger partial charge in [-0.1, -0.05) is 30.3 Å². The number of amides is 3. The Labute approximate surface area is 157 Å². The quantitative estimate of drug-likeness (QED) is 0.743. The normalized spacial score (nSPS) is 18.8. The van der Waals surface area contributed by atoms with E-state index in [1.807, 2.05) is 30.3 Å². The van der Waals surface area contributed by atoms with Gasteiger partial charge in [-0.3, -0.25) is 4.79 Å². The van der Waals surface area contributed by atoms with Crippen molar-refractivity contribution in [1.29, 1.82) is 0 Å². The Morgan fingerprint density at radius 2 is 1.81 bits per heavy atom. The minimum absolute atomic E-state index is 0.191. The molecule has 0 radical (unpaired) electrons. The first-order valence-corrected chi connectivity index (χ1v) is 8.79. The Kier molecular flexibility index (Phi) is 5.93. The van der Waals surface area contributed by atoms with Crippen LogP contribution in [0.25, 0.3) is 0 Å². The molecular formula is C20H23N3O4. The Hall–Kier alpha value is -3.06. The summed E-state index contributed by atoms with van der Waals surface area (Å²) >= 11 is 0. The van der Waals surface area contributed by atoms with E-state index >= 15 is 0 Å². The SMILES string of the molecule is CNC(=O)N1C[C@@H](O)[C@H](NC(=O)c2ccc(OCc3ccccc3)cc2)C1. The summed E-state index contributed by atoms with van der Waals surface area (Å²) in [7, 11) is 1.53. The van der Waals surface area contributed by atoms with E-state index in [2.05, 4.69) is 10.6 Å². The second-order valence-corrected chi connectivity index (χ2v) is 6.41. The fourth-order valence-corrected chi connectivity index (χ4v) is 2.95. The molecule has 2 atom stereocenters. The summed E-state index contributed by atoms with van der Waals surface area (Å²) in [6.07, 6.45) is -0.792. The summed E-state index contributed by atoms with van der Waals surface area (Å²) in [4.78, 5) is 25.5. The average molecular weight is 369 g/mol. The lowest BCUT2D eigenvalue weighted by Gasteiger charge is -2.16. The second kappa shape index (κ2) is 8.55. The summed E-state index contributed by atoms with van der Waals surface area (Å²) in [6.45, 7) is 0.914. The standard InChI is InChI=1S/C20H23N3O4/c1-21-20(26)23-11-17(18(24)12-23)22-19(25)15-7-9-16(10-8-15)27-13-14-5-3-2-4-6-14/h2-10,17-18,24H,11-13H2,1H3,(H,21,26)(H,22,25)/t17-,18-/m1/s1. The van der Waals surface area contributed by atoms with E-state index < -0.39 is 12.1 Å². The molecule has 1 heterocycles. The predicted molar refractivity (Wildman–Crippen MR) is 101 cm³/mol. The van der Waals surface area contributed by atoms with Gasteiger partial charge in [-0.15, -0.1) is 0 Å². The zero-order valence-electron chi connectivity index (χ0n) is 15.1. The number of carbonyl (C=O) groups is 2. The van der Waals surface area contributed by atoms with Crippen molar-refractivity contribution in [1.82, 2.24) is 15.5 Å². The highest BCUT2D eigenvalue weighted by atomic mass is 16.5. The van der Waals surface area contributed by atoms with Gasteiger partial charge in [0.15, 0.2) is 0 Å². The van der Waals surface area contributed by atoms with Crippen LogP contribution in [0.5, 0.6) is 5.75 Å². The average Bonchev–Trinajstić information content (AvgIpc) is 3.07. The minimum atomic E-state index is -0.792. The van der Waals surface area contributed by atoms with Crippen LogP contribution in [-0.4, -0.2) is 54.2 Å². The van der Waals surface area contributed by atoms with Crippen LogP contribution < -0.4 is 15.4 Å². The maximum atomic E-state index is 12.4. The highest BCUT2D eigenvalue weighted by Gasteiger charge is 2.34. The lowest BCUT2D eigenvalue weighted by atomic mass is 10.1. The molecule has 0 unspecified atom stereocenters. The van der Waals surface area contributed by atoms with E-state index in [0.717, 1.165) is 5.56 Å². The first-order valence-electron chi connectivity index (χ1n) is 8.79. The van der Waals surface area contributed by atoms with Gasteiger partial charge < -0.3 is 25.4 Å². The van der Waals surface area contributed by atoms with Crippen LogP contribution in [0.1, 0.15) is 15.9 Å². The van der Waals surface area contributed by atoms with Gasteiger partial charge in [0.05, 0.1) is 18.7 Å². The minimum Gasteiger partial charge on any atom is -0.489 e. The van der Waals surface area contributed by atoms with Gasteiger partial charge in [0.1, 0.15) is 12.4 Å². The number of nitrogens with one attached hydrogen (secondary N) is 2. The molecule has 0 saturated carbocycles. The molecule has 1 aliphatic heterocycles. The summed E-state index contributed by atoms with van der Waals surface area (Å²) in [5.41, 5.74) is 1.53. The Balaban J connectivity index is 1.54. The topological polar surface area (TPSA) is 90.9 Å². The molecular weight excluding hydrogens is 346 g/mol. The van der Waals surface area contributed by atoms with Gasteiger partial charge in [-0.25, -0.2) is 4.79 Å². The number of aliphatic hydroxyl groups is 1. The van der Waals surface area contributed by atoms with Gasteiger partial charge >= 0.3 is 6.03 Å². The van der Waals surface area contributed by atoms with Crippen molar-refractivity contribution >= 4 is 11.9 Å². The lowest BCUT2D eigenvalue weighted by molar-refractivity contribution is 0.0888. The third-order valence-electron chi connectivity index (χ3n) is 4.47. The molecule has 0 aromatic heterocycles. The lowest BCUT2D eigenvalue weighted by Crippen LogP contribution is -2.43. The number of carbonyl (C=O) groups excluding carboxylic acids is 2. The third-order valence-corrected chi connectivity index (χ3v) is 4.47. The van der Waals surface area contributed by atoms with Crippen molar-refractivity contribution in [3.63, 3.8) is 0 Å². The number of hydrogen-bond donors (Lipinski definition) is 3. The molecule has 3 N–H and O–H groups in total. The Morgan fingerprint density at radius 1 is 1.11 bits per heavy atom. The zero-order chi connectivity index (χ0) is 19.2. The second-order valence-electron chi connectivity index (χ2n) is 6.41. The molecule has 0 bridgehead atoms. The van der Waals surface area contributed by atoms with E-state index in [1.165, 1.54) is 11.9 Å². The van der Waals surface area contributed by atoms with Crippen molar-refractivity contribution in [2.24, 2.45) is 0 Å². The van der Waals surface area contributed by atoms with Crippen LogP contribution in [-0.2, 0) is 6.61 Å². The van der Waals surface area contributed by atoms with Gasteiger partial charge in [-0.05, 0) is 29.8 Å². The van der Waals surface area contributed by atoms with Crippen LogP contribution >= 0.6 is 0 Å². The molecule has 27 heavy (non-hydrogen) atoms. The van der Waals surface area contributed by atoms with Gasteiger partial charge in [-0.2, -0.15) is 0 Å². The number of hydrogen-bond acceptors (Lipinski definition) is 4. The number of ether oxygens (including phenoxy) is 1. The van der Waals surface area contributed by atoms with Crippen LogP contribution in [0, 0.1) is 0 Å². The van der Waals surface area contributed by atoms with Crippen molar-refractivity contribution in [3.8, 4) is 5.75 Å². The van der Waals surface area contributed by atoms with Gasteiger partial charge in [0, 0.05) is 19.2 Å². The molecule has 142 valence electrons. The fourth-order valence-electron chi connectivity index (χ4n) is 2.95. The largest absolute Gasteiger partial charge is 0.489 e. The molecule has 2 aromatic carbocycles. The summed E-state index contributed by atoms with van der Waals surface area (Å²) in [6, 6.07) is 15.9. The Bertz CT molecular complexity index is 780. The smallest absolute Gasteiger partial charge is 0.317 e. The molecule has 1 fully saturated rings. The van der Waals surface area contributed by atoms with Crippen LogP contribution in [0.15, 0.2) is 54.6 Å². The molecule has 2 aromatic rings. The Morgan fingerprint density at radius 3 is 2.48 bits per heavy atom. The number of rotatable bonds is 5. The predicted octanol–water partition coefficient (Wildman–Crippen LogP) is 1.38. The fraction of sp³-hybridized carbons (Fsp3) is 0.300. The first-order chi connectivity index (χ1) is 13.1. The van der Waals surface area contributed by atoms with Crippen molar-refractivity contribution in [2.75, 3.05) is 20.1 Å². The molecule has 0 spiro atoms. The van der Waals surface area contributed by atoms with E-state index in [1.54, 1.807) is 24.3 Å². The maximum absolute atomic E-state index is 12.4. The number of urea groups is 1.